The van der Waals surface area contributed by atoms with Crippen LogP contribution in [0, 0.1) is 0 Å². The summed E-state index contributed by atoms with van der Waals surface area (Å²) in [6, 6.07) is 0. The van der Waals surface area contributed by atoms with Gasteiger partial charge in [-0.15, -0.1) is 0 Å². The van der Waals surface area contributed by atoms with Gasteiger partial charge in [0, 0.05) is 0 Å². The van der Waals surface area contributed by atoms with Crippen molar-refractivity contribution in [3.8, 4) is 0 Å². The topological polar surface area (TPSA) is 61.6 Å². The maximum Gasteiger partial charge on any atom is 0.242 e. The Bertz CT molecular complexity index is 267. The van der Waals surface area contributed by atoms with E-state index in [1.54, 1.807) is 6.92 Å². The van der Waals surface area contributed by atoms with Crippen molar-refractivity contribution in [2.45, 2.75) is 32.7 Å². The predicted octanol–water partition coefficient (Wildman–Crippen LogP) is 0.953. The Labute approximate surface area is 78.8 Å². The molecule has 0 saturated carbocycles. The molecule has 1 unspecified atom stereocenters. The second kappa shape index (κ2) is 3.06. The standard InChI is InChI=1S/C8H15NO3Si/c1-5-6(10)7(8(9)11-5)12-13(2,3)4/h5H,9H2,1-4H3. The van der Waals surface area contributed by atoms with Gasteiger partial charge in [-0.2, -0.15) is 0 Å². The Kier molecular flexibility index (Phi) is 2.38. The van der Waals surface area contributed by atoms with E-state index in [1.807, 2.05) is 19.6 Å². The number of carbonyl (C=O) groups is 1. The largest absolute Gasteiger partial charge is 0.538 e. The Morgan fingerprint density at radius 3 is 2.31 bits per heavy atom. The van der Waals surface area contributed by atoms with E-state index >= 15 is 0 Å². The summed E-state index contributed by atoms with van der Waals surface area (Å²) in [7, 11) is -1.77. The zero-order valence-electron chi connectivity index (χ0n) is 8.38. The van der Waals surface area contributed by atoms with Crippen LogP contribution in [0.5, 0.6) is 0 Å². The van der Waals surface area contributed by atoms with E-state index in [-0.39, 0.29) is 17.4 Å². The molecule has 0 saturated heterocycles. The van der Waals surface area contributed by atoms with Crippen molar-refractivity contribution >= 4 is 14.1 Å². The highest BCUT2D eigenvalue weighted by molar-refractivity contribution is 6.70. The van der Waals surface area contributed by atoms with Gasteiger partial charge in [0.25, 0.3) is 0 Å². The summed E-state index contributed by atoms with van der Waals surface area (Å²) < 4.78 is 10.5. The van der Waals surface area contributed by atoms with Crippen LogP contribution in [0.25, 0.3) is 0 Å². The van der Waals surface area contributed by atoms with Crippen LogP contribution in [0.1, 0.15) is 6.92 Å². The normalized spacial score (nSPS) is 23.4. The van der Waals surface area contributed by atoms with E-state index in [4.69, 9.17) is 14.9 Å². The molecule has 1 atom stereocenters. The molecule has 0 amide bonds. The highest BCUT2D eigenvalue weighted by Crippen LogP contribution is 2.22. The molecule has 1 aliphatic heterocycles. The van der Waals surface area contributed by atoms with Gasteiger partial charge < -0.3 is 14.9 Å². The highest BCUT2D eigenvalue weighted by Gasteiger charge is 2.35. The number of nitrogens with two attached hydrogens (primary N) is 1. The number of rotatable bonds is 2. The minimum atomic E-state index is -1.77. The van der Waals surface area contributed by atoms with Crippen molar-refractivity contribution in [3.05, 3.63) is 11.6 Å². The lowest BCUT2D eigenvalue weighted by Gasteiger charge is -2.18. The van der Waals surface area contributed by atoms with Gasteiger partial charge in [-0.1, -0.05) is 0 Å². The molecule has 0 fully saturated rings. The zero-order chi connectivity index (χ0) is 10.2. The van der Waals surface area contributed by atoms with Crippen LogP contribution in [0.15, 0.2) is 11.6 Å². The number of hydrogen-bond donors (Lipinski definition) is 1. The smallest absolute Gasteiger partial charge is 0.242 e. The van der Waals surface area contributed by atoms with E-state index in [2.05, 4.69) is 0 Å². The van der Waals surface area contributed by atoms with Crippen molar-refractivity contribution in [3.63, 3.8) is 0 Å². The average molecular weight is 201 g/mol. The molecule has 0 aromatic carbocycles. The fraction of sp³-hybridized carbons (Fsp3) is 0.625. The molecule has 0 bridgehead atoms. The number of carbonyl (C=O) groups excluding carboxylic acids is 1. The lowest BCUT2D eigenvalue weighted by atomic mass is 10.2. The molecule has 1 rings (SSSR count). The number of hydrogen-bond acceptors (Lipinski definition) is 4. The van der Waals surface area contributed by atoms with E-state index in [9.17, 15) is 4.79 Å². The summed E-state index contributed by atoms with van der Waals surface area (Å²) in [5.41, 5.74) is 5.50. The van der Waals surface area contributed by atoms with Crippen molar-refractivity contribution in [2.24, 2.45) is 5.73 Å². The van der Waals surface area contributed by atoms with Crippen LogP contribution in [0.2, 0.25) is 19.6 Å². The van der Waals surface area contributed by atoms with Gasteiger partial charge in [-0.25, -0.2) is 0 Å². The van der Waals surface area contributed by atoms with Crippen LogP contribution < -0.4 is 5.73 Å². The van der Waals surface area contributed by atoms with Crippen molar-refractivity contribution < 1.29 is 14.0 Å². The third kappa shape index (κ3) is 2.24. The molecule has 0 aromatic rings. The van der Waals surface area contributed by atoms with Crippen molar-refractivity contribution in [2.75, 3.05) is 0 Å². The number of Topliss-reactive ketones (excluding diaryl/α,β-unsaturated/α-hetero) is 1. The van der Waals surface area contributed by atoms with Gasteiger partial charge in [0.15, 0.2) is 6.10 Å². The minimum Gasteiger partial charge on any atom is -0.538 e. The summed E-state index contributed by atoms with van der Waals surface area (Å²) in [5, 5.41) is 0. The lowest BCUT2D eigenvalue weighted by molar-refractivity contribution is -0.122. The molecular formula is C8H15NO3Si. The third-order valence-electron chi connectivity index (χ3n) is 1.53. The summed E-state index contributed by atoms with van der Waals surface area (Å²) in [5.74, 6) is 0.187. The van der Waals surface area contributed by atoms with Crippen molar-refractivity contribution in [1.82, 2.24) is 0 Å². The van der Waals surface area contributed by atoms with Crippen LogP contribution in [0.4, 0.5) is 0 Å². The minimum absolute atomic E-state index is 0.125. The van der Waals surface area contributed by atoms with E-state index in [1.165, 1.54) is 0 Å². The predicted molar refractivity (Wildman–Crippen MR) is 51.2 cm³/mol. The first-order valence-electron chi connectivity index (χ1n) is 4.21. The number of ether oxygens (including phenoxy) is 1. The molecule has 1 heterocycles. The Morgan fingerprint density at radius 1 is 1.46 bits per heavy atom. The fourth-order valence-electron chi connectivity index (χ4n) is 1.01. The van der Waals surface area contributed by atoms with Gasteiger partial charge in [0.1, 0.15) is 0 Å². The first-order chi connectivity index (χ1) is 5.81. The first-order valence-corrected chi connectivity index (χ1v) is 7.62. The van der Waals surface area contributed by atoms with Gasteiger partial charge in [-0.05, 0) is 26.6 Å². The molecule has 4 nitrogen and oxygen atoms in total. The van der Waals surface area contributed by atoms with E-state index in [0.717, 1.165) is 0 Å². The second-order valence-electron chi connectivity index (χ2n) is 4.03. The van der Waals surface area contributed by atoms with Crippen LogP contribution in [0.3, 0.4) is 0 Å². The molecule has 0 aliphatic carbocycles. The monoisotopic (exact) mass is 201 g/mol. The SMILES string of the molecule is CC1OC(N)=C(O[Si](C)(C)C)C1=O. The Morgan fingerprint density at radius 2 is 2.00 bits per heavy atom. The van der Waals surface area contributed by atoms with Crippen molar-refractivity contribution in [1.29, 1.82) is 0 Å². The number of ketones is 1. The fourth-order valence-corrected chi connectivity index (χ4v) is 1.82. The molecule has 13 heavy (non-hydrogen) atoms. The molecule has 0 aromatic heterocycles. The lowest BCUT2D eigenvalue weighted by Crippen LogP contribution is -2.28. The summed E-state index contributed by atoms with van der Waals surface area (Å²) in [6.07, 6.45) is -0.494. The van der Waals surface area contributed by atoms with Gasteiger partial charge in [0.05, 0.1) is 0 Å². The third-order valence-corrected chi connectivity index (χ3v) is 2.35. The molecular weight excluding hydrogens is 186 g/mol. The van der Waals surface area contributed by atoms with Crippen LogP contribution in [-0.2, 0) is 14.0 Å². The average Bonchev–Trinajstić information content (AvgIpc) is 2.14. The summed E-state index contributed by atoms with van der Waals surface area (Å²) >= 11 is 0. The molecule has 0 spiro atoms. The molecule has 2 N–H and O–H groups in total. The molecule has 74 valence electrons. The highest BCUT2D eigenvalue weighted by atomic mass is 28.4. The zero-order valence-corrected chi connectivity index (χ0v) is 9.38. The van der Waals surface area contributed by atoms with Gasteiger partial charge in [-0.3, -0.25) is 4.79 Å². The summed E-state index contributed by atoms with van der Waals surface area (Å²) in [6.45, 7) is 7.63. The maximum absolute atomic E-state index is 11.4. The van der Waals surface area contributed by atoms with Gasteiger partial charge in [0.2, 0.25) is 25.7 Å². The van der Waals surface area contributed by atoms with E-state index in [0.29, 0.717) is 0 Å². The molecule has 1 aliphatic rings. The molecule has 0 radical (unpaired) electrons. The quantitative estimate of drug-likeness (QED) is 0.676. The maximum atomic E-state index is 11.4. The Hall–Kier alpha value is -0.973. The van der Waals surface area contributed by atoms with E-state index < -0.39 is 14.4 Å². The van der Waals surface area contributed by atoms with Crippen LogP contribution in [-0.4, -0.2) is 20.2 Å². The van der Waals surface area contributed by atoms with Gasteiger partial charge >= 0.3 is 0 Å². The molecule has 5 heteroatoms. The van der Waals surface area contributed by atoms with Crippen LogP contribution >= 0.6 is 0 Å². The Balaban J connectivity index is 2.80. The summed E-state index contributed by atoms with van der Waals surface area (Å²) in [4.78, 5) is 11.4. The second-order valence-corrected chi connectivity index (χ2v) is 8.46. The first kappa shape index (κ1) is 10.1.